The van der Waals surface area contributed by atoms with Crippen LogP contribution in [-0.2, 0) is 9.59 Å². The first-order valence-electron chi connectivity index (χ1n) is 11.7. The first-order valence-corrected chi connectivity index (χ1v) is 12.6. The highest BCUT2D eigenvalue weighted by molar-refractivity contribution is 8.15. The van der Waals surface area contributed by atoms with E-state index in [-0.39, 0.29) is 24.1 Å². The molecule has 35 heavy (non-hydrogen) atoms. The molecule has 3 aliphatic rings. The molecule has 5 rings (SSSR count). The lowest BCUT2D eigenvalue weighted by Crippen LogP contribution is -2.25. The van der Waals surface area contributed by atoms with Crippen LogP contribution in [0.1, 0.15) is 36.0 Å². The standard InChI is InChI=1S/C25H26N4O5S/c30-22(15-21-24(32)28-25(35-21)29-10-1-2-11-29)26-17-6-4-16(5-7-17)23(31)27-18-8-9-19-20(14-18)34-13-3-12-33-19/h4-9,14,21H,1-3,10-13,15H2,(H,26,30)(H,27,31). The summed E-state index contributed by atoms with van der Waals surface area (Å²) in [6.07, 6.45) is 3.06. The molecule has 0 radical (unpaired) electrons. The summed E-state index contributed by atoms with van der Waals surface area (Å²) in [6.45, 7) is 2.99. The van der Waals surface area contributed by atoms with E-state index in [9.17, 15) is 14.4 Å². The maximum atomic E-state index is 12.7. The largest absolute Gasteiger partial charge is 0.490 e. The zero-order chi connectivity index (χ0) is 24.2. The molecule has 3 aliphatic heterocycles. The van der Waals surface area contributed by atoms with Gasteiger partial charge in [-0.25, -0.2) is 0 Å². The molecule has 1 unspecified atom stereocenters. The van der Waals surface area contributed by atoms with Crippen LogP contribution in [0.5, 0.6) is 11.5 Å². The van der Waals surface area contributed by atoms with Crippen LogP contribution in [0.25, 0.3) is 0 Å². The van der Waals surface area contributed by atoms with Crippen molar-refractivity contribution >= 4 is 46.0 Å². The molecule has 2 aromatic rings. The van der Waals surface area contributed by atoms with E-state index in [1.165, 1.54) is 11.8 Å². The summed E-state index contributed by atoms with van der Waals surface area (Å²) in [6, 6.07) is 11.9. The number of likely N-dealkylation sites (tertiary alicyclic amines) is 1. The number of anilines is 2. The van der Waals surface area contributed by atoms with E-state index in [1.54, 1.807) is 42.5 Å². The summed E-state index contributed by atoms with van der Waals surface area (Å²) in [5, 5.41) is 5.89. The Morgan fingerprint density at radius 3 is 2.43 bits per heavy atom. The molecule has 0 spiro atoms. The van der Waals surface area contributed by atoms with E-state index in [4.69, 9.17) is 9.47 Å². The van der Waals surface area contributed by atoms with Gasteiger partial charge in [-0.05, 0) is 49.2 Å². The average Bonchev–Trinajstić information content (AvgIpc) is 3.44. The normalized spacial score (nSPS) is 19.2. The molecule has 1 fully saturated rings. The van der Waals surface area contributed by atoms with Gasteiger partial charge in [0.1, 0.15) is 5.25 Å². The number of amidine groups is 1. The van der Waals surface area contributed by atoms with Gasteiger partial charge in [0.05, 0.1) is 13.2 Å². The number of ether oxygens (including phenoxy) is 2. The second-order valence-corrected chi connectivity index (χ2v) is 9.70. The highest BCUT2D eigenvalue weighted by atomic mass is 32.2. The van der Waals surface area contributed by atoms with Crippen LogP contribution in [0, 0.1) is 0 Å². The van der Waals surface area contributed by atoms with Crippen LogP contribution in [-0.4, -0.2) is 59.3 Å². The molecule has 1 saturated heterocycles. The van der Waals surface area contributed by atoms with E-state index in [2.05, 4.69) is 20.5 Å². The predicted molar refractivity (Wildman–Crippen MR) is 134 cm³/mol. The van der Waals surface area contributed by atoms with Crippen molar-refractivity contribution in [3.05, 3.63) is 48.0 Å². The molecule has 0 aromatic heterocycles. The summed E-state index contributed by atoms with van der Waals surface area (Å²) in [5.74, 6) is 0.469. The van der Waals surface area contributed by atoms with Gasteiger partial charge in [0.2, 0.25) is 5.91 Å². The Labute approximate surface area is 207 Å². The Morgan fingerprint density at radius 2 is 1.66 bits per heavy atom. The van der Waals surface area contributed by atoms with Gasteiger partial charge < -0.3 is 25.0 Å². The minimum Gasteiger partial charge on any atom is -0.490 e. The number of carbonyl (C=O) groups is 3. The third kappa shape index (κ3) is 5.59. The Balaban J connectivity index is 1.13. The predicted octanol–water partition coefficient (Wildman–Crippen LogP) is 3.52. The molecule has 10 heteroatoms. The number of nitrogens with one attached hydrogen (secondary N) is 2. The van der Waals surface area contributed by atoms with Gasteiger partial charge in [0.15, 0.2) is 16.7 Å². The van der Waals surface area contributed by atoms with E-state index < -0.39 is 5.25 Å². The number of nitrogens with zero attached hydrogens (tertiary/aromatic N) is 2. The molecular formula is C25H26N4O5S. The lowest BCUT2D eigenvalue weighted by Gasteiger charge is -2.16. The minimum atomic E-state index is -0.494. The second kappa shape index (κ2) is 10.4. The quantitative estimate of drug-likeness (QED) is 0.655. The molecule has 2 aromatic carbocycles. The second-order valence-electron chi connectivity index (χ2n) is 8.53. The highest BCUT2D eigenvalue weighted by Crippen LogP contribution is 2.32. The van der Waals surface area contributed by atoms with Crippen LogP contribution in [0.3, 0.4) is 0 Å². The van der Waals surface area contributed by atoms with Crippen molar-refractivity contribution in [3.8, 4) is 11.5 Å². The van der Waals surface area contributed by atoms with Gasteiger partial charge in [-0.15, -0.1) is 0 Å². The van der Waals surface area contributed by atoms with Crippen molar-refractivity contribution < 1.29 is 23.9 Å². The number of aliphatic imine (C=N–C) groups is 1. The lowest BCUT2D eigenvalue weighted by atomic mass is 10.1. The first kappa shape index (κ1) is 23.2. The van der Waals surface area contributed by atoms with Gasteiger partial charge in [-0.1, -0.05) is 11.8 Å². The first-order chi connectivity index (χ1) is 17.0. The van der Waals surface area contributed by atoms with Crippen molar-refractivity contribution in [2.45, 2.75) is 30.9 Å². The zero-order valence-electron chi connectivity index (χ0n) is 19.1. The van der Waals surface area contributed by atoms with Gasteiger partial charge in [0, 0.05) is 48.9 Å². The molecular weight excluding hydrogens is 468 g/mol. The number of hydrogen-bond acceptors (Lipinski definition) is 7. The maximum Gasteiger partial charge on any atom is 0.262 e. The summed E-state index contributed by atoms with van der Waals surface area (Å²) < 4.78 is 11.3. The van der Waals surface area contributed by atoms with Crippen molar-refractivity contribution in [1.29, 1.82) is 0 Å². The molecule has 0 saturated carbocycles. The third-order valence-electron chi connectivity index (χ3n) is 5.91. The topological polar surface area (TPSA) is 109 Å². The molecule has 3 amide bonds. The highest BCUT2D eigenvalue weighted by Gasteiger charge is 2.33. The summed E-state index contributed by atoms with van der Waals surface area (Å²) in [4.78, 5) is 43.6. The number of benzene rings is 2. The number of hydrogen-bond donors (Lipinski definition) is 2. The number of carbonyl (C=O) groups excluding carboxylic acids is 3. The van der Waals surface area contributed by atoms with E-state index in [0.29, 0.717) is 41.7 Å². The Kier molecular flexibility index (Phi) is 6.89. The van der Waals surface area contributed by atoms with Crippen molar-refractivity contribution in [2.24, 2.45) is 4.99 Å². The average molecular weight is 495 g/mol. The SMILES string of the molecule is O=C(CC1SC(N2CCCC2)=NC1=O)Nc1ccc(C(=O)Nc2ccc3c(c2)OCCCO3)cc1. The number of amides is 3. The van der Waals surface area contributed by atoms with Crippen molar-refractivity contribution in [2.75, 3.05) is 36.9 Å². The van der Waals surface area contributed by atoms with Crippen LogP contribution in [0.4, 0.5) is 11.4 Å². The van der Waals surface area contributed by atoms with Crippen LogP contribution in [0.2, 0.25) is 0 Å². The van der Waals surface area contributed by atoms with Gasteiger partial charge in [-0.3, -0.25) is 14.4 Å². The third-order valence-corrected chi connectivity index (χ3v) is 7.13. The number of thioether (sulfide) groups is 1. The van der Waals surface area contributed by atoms with Crippen molar-refractivity contribution in [3.63, 3.8) is 0 Å². The fourth-order valence-electron chi connectivity index (χ4n) is 4.08. The molecule has 182 valence electrons. The molecule has 2 N–H and O–H groups in total. The summed E-state index contributed by atoms with van der Waals surface area (Å²) in [7, 11) is 0. The summed E-state index contributed by atoms with van der Waals surface area (Å²) >= 11 is 1.37. The van der Waals surface area contributed by atoms with Crippen molar-refractivity contribution in [1.82, 2.24) is 4.90 Å². The molecule has 3 heterocycles. The van der Waals surface area contributed by atoms with Crippen LogP contribution >= 0.6 is 11.8 Å². The van der Waals surface area contributed by atoms with E-state index >= 15 is 0 Å². The number of rotatable bonds is 5. The maximum absolute atomic E-state index is 12.7. The molecule has 1 atom stereocenters. The molecule has 9 nitrogen and oxygen atoms in total. The lowest BCUT2D eigenvalue weighted by molar-refractivity contribution is -0.121. The van der Waals surface area contributed by atoms with E-state index in [1.807, 2.05) is 0 Å². The smallest absolute Gasteiger partial charge is 0.262 e. The van der Waals surface area contributed by atoms with Gasteiger partial charge in [0.25, 0.3) is 11.8 Å². The zero-order valence-corrected chi connectivity index (χ0v) is 19.9. The fourth-order valence-corrected chi connectivity index (χ4v) is 5.20. The monoisotopic (exact) mass is 494 g/mol. The summed E-state index contributed by atoms with van der Waals surface area (Å²) in [5.41, 5.74) is 1.60. The van der Waals surface area contributed by atoms with Gasteiger partial charge >= 0.3 is 0 Å². The van der Waals surface area contributed by atoms with Crippen LogP contribution < -0.4 is 20.1 Å². The Morgan fingerprint density at radius 1 is 0.943 bits per heavy atom. The Hall–Kier alpha value is -3.53. The fraction of sp³-hybridized carbons (Fsp3) is 0.360. The number of fused-ring (bicyclic) bond motifs is 1. The van der Waals surface area contributed by atoms with Gasteiger partial charge in [-0.2, -0.15) is 4.99 Å². The Bertz CT molecular complexity index is 1160. The van der Waals surface area contributed by atoms with Crippen LogP contribution in [0.15, 0.2) is 47.5 Å². The minimum absolute atomic E-state index is 0.0523. The molecule has 0 aliphatic carbocycles. The van der Waals surface area contributed by atoms with E-state index in [0.717, 1.165) is 37.5 Å². The molecule has 0 bridgehead atoms.